The van der Waals surface area contributed by atoms with Crippen molar-refractivity contribution < 1.29 is 31.9 Å². The predicted octanol–water partition coefficient (Wildman–Crippen LogP) is 3.33. The highest BCUT2D eigenvalue weighted by Crippen LogP contribution is 2.34. The monoisotopic (exact) mass is 568 g/mol. The van der Waals surface area contributed by atoms with Crippen LogP contribution in [0.4, 0.5) is 10.1 Å². The molecule has 4 rings (SSSR count). The first-order valence-corrected chi connectivity index (χ1v) is 13.7. The van der Waals surface area contributed by atoms with E-state index in [9.17, 15) is 22.4 Å². The highest BCUT2D eigenvalue weighted by molar-refractivity contribution is 9.09. The van der Waals surface area contributed by atoms with E-state index in [2.05, 4.69) is 15.9 Å². The number of Topliss-reactive ketones (excluding diaryl/α,β-unsaturated/α-hetero) is 1. The summed E-state index contributed by atoms with van der Waals surface area (Å²) in [4.78, 5) is 26.8. The molecule has 2 aromatic rings. The van der Waals surface area contributed by atoms with Gasteiger partial charge in [-0.05, 0) is 48.7 Å². The molecular weight excluding hydrogens is 543 g/mol. The van der Waals surface area contributed by atoms with Crippen LogP contribution in [-0.4, -0.2) is 68.8 Å². The van der Waals surface area contributed by atoms with Crippen molar-refractivity contribution >= 4 is 43.3 Å². The van der Waals surface area contributed by atoms with Gasteiger partial charge in [0.05, 0.1) is 29.3 Å². The van der Waals surface area contributed by atoms with Gasteiger partial charge in [-0.25, -0.2) is 12.8 Å². The largest absolute Gasteiger partial charge is 0.491 e. The summed E-state index contributed by atoms with van der Waals surface area (Å²) in [5.74, 6) is -0.966. The predicted molar refractivity (Wildman–Crippen MR) is 131 cm³/mol. The molecule has 2 atom stereocenters. The van der Waals surface area contributed by atoms with Gasteiger partial charge in [-0.2, -0.15) is 4.31 Å². The molecule has 11 heteroatoms. The molecule has 2 aliphatic rings. The van der Waals surface area contributed by atoms with Crippen molar-refractivity contribution in [2.24, 2.45) is 0 Å². The van der Waals surface area contributed by atoms with Crippen LogP contribution in [-0.2, 0) is 26.1 Å². The molecule has 1 unspecified atom stereocenters. The van der Waals surface area contributed by atoms with Gasteiger partial charge < -0.3 is 14.4 Å². The van der Waals surface area contributed by atoms with Crippen molar-refractivity contribution in [3.63, 3.8) is 0 Å². The second-order valence-electron chi connectivity index (χ2n) is 8.47. The summed E-state index contributed by atoms with van der Waals surface area (Å²) in [6.07, 6.45) is 0.320. The lowest BCUT2D eigenvalue weighted by Crippen LogP contribution is -2.38. The van der Waals surface area contributed by atoms with Crippen LogP contribution in [0.3, 0.4) is 0 Å². The Hall–Kier alpha value is -2.34. The topological polar surface area (TPSA) is 93.2 Å². The molecule has 35 heavy (non-hydrogen) atoms. The van der Waals surface area contributed by atoms with Crippen LogP contribution >= 0.6 is 15.9 Å². The third kappa shape index (κ3) is 5.28. The highest BCUT2D eigenvalue weighted by atomic mass is 79.9. The summed E-state index contributed by atoms with van der Waals surface area (Å²) in [5, 5.41) is 0.185. The molecule has 2 aliphatic heterocycles. The Kier molecular flexibility index (Phi) is 7.89. The molecule has 188 valence electrons. The Balaban J connectivity index is 1.53. The van der Waals surface area contributed by atoms with Crippen LogP contribution < -0.4 is 9.64 Å². The Labute approximate surface area is 212 Å². The molecule has 1 fully saturated rings. The lowest BCUT2D eigenvalue weighted by atomic mass is 10.1. The molecule has 0 N–H and O–H groups in total. The third-order valence-corrected chi connectivity index (χ3v) is 8.74. The van der Waals surface area contributed by atoms with Crippen molar-refractivity contribution in [3.05, 3.63) is 53.6 Å². The van der Waals surface area contributed by atoms with Crippen LogP contribution in [0.5, 0.6) is 5.75 Å². The standard InChI is InChI=1S/C24H26BrFN2O6S/c1-33-15-18-3-2-10-28(18)35(31,32)20-8-9-22-21(11-20)23(29)24(30)27(22)13-16-4-6-19(7-5-16)34-14-17(26)12-25/h4-9,11,17-18H,2-3,10,12-15H2,1H3/t17?,18-/m0/s1. The van der Waals surface area contributed by atoms with Gasteiger partial charge in [0.1, 0.15) is 18.5 Å². The van der Waals surface area contributed by atoms with Crippen LogP contribution in [0.2, 0.25) is 0 Å². The van der Waals surface area contributed by atoms with E-state index in [1.165, 1.54) is 34.5 Å². The average molecular weight is 569 g/mol. The van der Waals surface area contributed by atoms with Gasteiger partial charge >= 0.3 is 0 Å². The first kappa shape index (κ1) is 25.7. The zero-order valence-corrected chi connectivity index (χ0v) is 21.6. The SMILES string of the molecule is COC[C@@H]1CCCN1S(=O)(=O)c1ccc2c(c1)C(=O)C(=O)N2Cc1ccc(OCC(F)CBr)cc1. The third-order valence-electron chi connectivity index (χ3n) is 6.09. The maximum Gasteiger partial charge on any atom is 0.299 e. The second kappa shape index (κ2) is 10.7. The number of ketones is 1. The number of rotatable bonds is 10. The number of alkyl halides is 2. The number of sulfonamides is 1. The number of halogens is 2. The van der Waals surface area contributed by atoms with E-state index in [1.807, 2.05) is 0 Å². The van der Waals surface area contributed by atoms with Crippen molar-refractivity contribution in [2.75, 3.05) is 37.1 Å². The van der Waals surface area contributed by atoms with Gasteiger partial charge in [-0.1, -0.05) is 28.1 Å². The molecule has 0 radical (unpaired) electrons. The molecule has 0 aliphatic carbocycles. The number of ether oxygens (including phenoxy) is 2. The fourth-order valence-electron chi connectivity index (χ4n) is 4.32. The average Bonchev–Trinajstić information content (AvgIpc) is 3.42. The number of carbonyl (C=O) groups excluding carboxylic acids is 2. The number of hydrogen-bond acceptors (Lipinski definition) is 6. The number of amides is 1. The zero-order chi connectivity index (χ0) is 25.2. The number of nitrogens with zero attached hydrogens (tertiary/aromatic N) is 2. The van der Waals surface area contributed by atoms with E-state index in [4.69, 9.17) is 9.47 Å². The van der Waals surface area contributed by atoms with E-state index in [0.717, 1.165) is 12.0 Å². The lowest BCUT2D eigenvalue weighted by molar-refractivity contribution is -0.114. The van der Waals surface area contributed by atoms with E-state index < -0.39 is 27.9 Å². The maximum absolute atomic E-state index is 13.3. The summed E-state index contributed by atoms with van der Waals surface area (Å²) in [6, 6.07) is 10.8. The Morgan fingerprint density at radius 3 is 2.60 bits per heavy atom. The fraction of sp³-hybridized carbons (Fsp3) is 0.417. The Morgan fingerprint density at radius 1 is 1.17 bits per heavy atom. The zero-order valence-electron chi connectivity index (χ0n) is 19.2. The maximum atomic E-state index is 13.3. The van der Waals surface area contributed by atoms with E-state index in [1.54, 1.807) is 24.3 Å². The van der Waals surface area contributed by atoms with Crippen LogP contribution in [0.15, 0.2) is 47.4 Å². The smallest absolute Gasteiger partial charge is 0.299 e. The molecule has 1 amide bonds. The molecule has 2 heterocycles. The molecule has 1 saturated heterocycles. The Bertz CT molecular complexity index is 1210. The number of benzene rings is 2. The molecule has 0 bridgehead atoms. The Morgan fingerprint density at radius 2 is 1.91 bits per heavy atom. The number of hydrogen-bond donors (Lipinski definition) is 0. The van der Waals surface area contributed by atoms with Gasteiger partial charge in [-0.3, -0.25) is 9.59 Å². The minimum Gasteiger partial charge on any atom is -0.491 e. The van der Waals surface area contributed by atoms with Gasteiger partial charge in [-0.15, -0.1) is 0 Å². The van der Waals surface area contributed by atoms with Crippen molar-refractivity contribution in [2.45, 2.75) is 36.5 Å². The van der Waals surface area contributed by atoms with Crippen LogP contribution in [0.1, 0.15) is 28.8 Å². The van der Waals surface area contributed by atoms with E-state index in [0.29, 0.717) is 31.0 Å². The minimum atomic E-state index is -3.84. The number of fused-ring (bicyclic) bond motifs is 1. The first-order valence-electron chi connectivity index (χ1n) is 11.2. The summed E-state index contributed by atoms with van der Waals surface area (Å²) < 4.78 is 51.8. The van der Waals surface area contributed by atoms with Crippen LogP contribution in [0.25, 0.3) is 0 Å². The normalized spacial score (nSPS) is 19.3. The number of carbonyl (C=O) groups is 2. The van der Waals surface area contributed by atoms with Crippen molar-refractivity contribution in [1.82, 2.24) is 4.31 Å². The van der Waals surface area contributed by atoms with Gasteiger partial charge in [0.2, 0.25) is 10.0 Å². The van der Waals surface area contributed by atoms with Crippen molar-refractivity contribution in [1.29, 1.82) is 0 Å². The molecule has 0 spiro atoms. The molecule has 0 saturated carbocycles. The first-order chi connectivity index (χ1) is 16.8. The van der Waals surface area contributed by atoms with E-state index in [-0.39, 0.29) is 35.0 Å². The van der Waals surface area contributed by atoms with Gasteiger partial charge in [0.15, 0.2) is 0 Å². The molecular formula is C24H26BrFN2O6S. The summed E-state index contributed by atoms with van der Waals surface area (Å²) in [6.45, 7) is 0.726. The highest BCUT2D eigenvalue weighted by Gasteiger charge is 2.39. The lowest BCUT2D eigenvalue weighted by Gasteiger charge is -2.24. The van der Waals surface area contributed by atoms with Gasteiger partial charge in [0, 0.05) is 25.0 Å². The summed E-state index contributed by atoms with van der Waals surface area (Å²) in [7, 11) is -2.31. The van der Waals surface area contributed by atoms with Crippen LogP contribution in [0, 0.1) is 0 Å². The minimum absolute atomic E-state index is 0.0154. The number of anilines is 1. The quantitative estimate of drug-likeness (QED) is 0.322. The van der Waals surface area contributed by atoms with Crippen molar-refractivity contribution in [3.8, 4) is 5.75 Å². The summed E-state index contributed by atoms with van der Waals surface area (Å²) >= 11 is 3.05. The van der Waals surface area contributed by atoms with E-state index >= 15 is 0 Å². The molecule has 8 nitrogen and oxygen atoms in total. The summed E-state index contributed by atoms with van der Waals surface area (Å²) in [5.41, 5.74) is 1.17. The fourth-order valence-corrected chi connectivity index (χ4v) is 6.21. The molecule has 0 aromatic heterocycles. The molecule has 2 aromatic carbocycles. The van der Waals surface area contributed by atoms with Gasteiger partial charge in [0.25, 0.3) is 11.7 Å². The number of methoxy groups -OCH3 is 1. The second-order valence-corrected chi connectivity index (χ2v) is 11.0.